The first-order valence-corrected chi connectivity index (χ1v) is 9.27. The van der Waals surface area contributed by atoms with Gasteiger partial charge in [0.2, 0.25) is 0 Å². The lowest BCUT2D eigenvalue weighted by atomic mass is 10.2. The van der Waals surface area contributed by atoms with E-state index < -0.39 is 17.8 Å². The molecule has 0 radical (unpaired) electrons. The van der Waals surface area contributed by atoms with E-state index in [-0.39, 0.29) is 5.69 Å². The number of halogens is 1. The zero-order valence-corrected chi connectivity index (χ0v) is 16.1. The van der Waals surface area contributed by atoms with Crippen molar-refractivity contribution in [2.24, 2.45) is 5.73 Å². The molecule has 30 heavy (non-hydrogen) atoms. The molecule has 4 aromatic rings. The van der Waals surface area contributed by atoms with Gasteiger partial charge >= 0.3 is 6.03 Å². The second-order valence-electron chi connectivity index (χ2n) is 6.90. The number of rotatable bonds is 4. The summed E-state index contributed by atoms with van der Waals surface area (Å²) in [5.74, 6) is -1.04. The van der Waals surface area contributed by atoms with Crippen molar-refractivity contribution < 1.29 is 14.0 Å². The molecule has 4 rings (SSSR count). The molecule has 1 heterocycles. The molecule has 1 aromatic heterocycles. The number of fused-ring (bicyclic) bond motifs is 1. The predicted molar refractivity (Wildman–Crippen MR) is 116 cm³/mol. The van der Waals surface area contributed by atoms with Gasteiger partial charge in [-0.15, -0.1) is 0 Å². The van der Waals surface area contributed by atoms with Crippen LogP contribution in [-0.2, 0) is 0 Å². The Morgan fingerprint density at radius 2 is 1.67 bits per heavy atom. The van der Waals surface area contributed by atoms with E-state index in [2.05, 4.69) is 10.6 Å². The number of nitrogens with one attached hydrogen (secondary N) is 2. The van der Waals surface area contributed by atoms with Gasteiger partial charge in [-0.05, 0) is 61.0 Å². The number of amides is 3. The van der Waals surface area contributed by atoms with E-state index in [1.165, 1.54) is 6.07 Å². The third-order valence-corrected chi connectivity index (χ3v) is 4.72. The summed E-state index contributed by atoms with van der Waals surface area (Å²) in [6.45, 7) is 1.81. The summed E-state index contributed by atoms with van der Waals surface area (Å²) in [5, 5.41) is 6.06. The van der Waals surface area contributed by atoms with Crippen LogP contribution in [0.2, 0.25) is 0 Å². The van der Waals surface area contributed by atoms with E-state index in [0.717, 1.165) is 22.2 Å². The van der Waals surface area contributed by atoms with Crippen LogP contribution >= 0.6 is 0 Å². The van der Waals surface area contributed by atoms with Crippen LogP contribution in [0.25, 0.3) is 16.6 Å². The lowest BCUT2D eigenvalue weighted by molar-refractivity contribution is 0.0994. The monoisotopic (exact) mass is 402 g/mol. The first-order chi connectivity index (χ1) is 14.4. The highest BCUT2D eigenvalue weighted by atomic mass is 19.1. The fourth-order valence-electron chi connectivity index (χ4n) is 3.33. The Hall–Kier alpha value is -4.13. The zero-order valence-electron chi connectivity index (χ0n) is 16.1. The minimum Gasteiger partial charge on any atom is -0.364 e. The number of aromatic nitrogens is 1. The van der Waals surface area contributed by atoms with Crippen LogP contribution in [0.5, 0.6) is 0 Å². The van der Waals surface area contributed by atoms with Crippen LogP contribution in [0.1, 0.15) is 16.1 Å². The molecule has 0 unspecified atom stereocenters. The van der Waals surface area contributed by atoms with Gasteiger partial charge in [0.15, 0.2) is 0 Å². The van der Waals surface area contributed by atoms with Gasteiger partial charge in [0.1, 0.15) is 11.5 Å². The lowest BCUT2D eigenvalue weighted by Crippen LogP contribution is -2.20. The van der Waals surface area contributed by atoms with Crippen LogP contribution in [0.3, 0.4) is 0 Å². The van der Waals surface area contributed by atoms with Gasteiger partial charge in [0.05, 0.1) is 11.2 Å². The lowest BCUT2D eigenvalue weighted by Gasteiger charge is -2.12. The van der Waals surface area contributed by atoms with Crippen molar-refractivity contribution in [3.8, 4) is 5.69 Å². The molecule has 0 bridgehead atoms. The molecule has 0 fully saturated rings. The molecular weight excluding hydrogens is 383 g/mol. The highest BCUT2D eigenvalue weighted by molar-refractivity contribution is 6.00. The fraction of sp³-hybridized carbons (Fsp3) is 0.0435. The van der Waals surface area contributed by atoms with Crippen molar-refractivity contribution in [3.05, 3.63) is 89.9 Å². The Kier molecular flexibility index (Phi) is 4.93. The third-order valence-electron chi connectivity index (χ3n) is 4.72. The molecule has 6 nitrogen and oxygen atoms in total. The van der Waals surface area contributed by atoms with E-state index in [4.69, 9.17) is 5.73 Å². The standard InChI is InChI=1S/C23H19FN4O2/c1-14-6-11-18(24)19(12-14)27-23(30)26-16-7-9-17(10-8-16)28-20-5-3-2-4-15(20)13-21(28)22(25)29/h2-13H,1H3,(H2,25,29)(H2,26,27,30). The number of para-hydroxylation sites is 1. The van der Waals surface area contributed by atoms with Gasteiger partial charge in [-0.1, -0.05) is 24.3 Å². The van der Waals surface area contributed by atoms with Gasteiger partial charge < -0.3 is 20.9 Å². The van der Waals surface area contributed by atoms with E-state index in [1.807, 2.05) is 31.2 Å². The number of nitrogens with zero attached hydrogens (tertiary/aromatic N) is 1. The van der Waals surface area contributed by atoms with Crippen LogP contribution in [0, 0.1) is 12.7 Å². The first-order valence-electron chi connectivity index (χ1n) is 9.27. The molecule has 0 saturated heterocycles. The number of carbonyl (C=O) groups is 2. The maximum Gasteiger partial charge on any atom is 0.323 e. The number of hydrogen-bond donors (Lipinski definition) is 3. The molecule has 4 N–H and O–H groups in total. The Morgan fingerprint density at radius 3 is 2.40 bits per heavy atom. The Bertz CT molecular complexity index is 1260. The molecule has 7 heteroatoms. The maximum absolute atomic E-state index is 13.8. The van der Waals surface area contributed by atoms with E-state index in [9.17, 15) is 14.0 Å². The fourth-order valence-corrected chi connectivity index (χ4v) is 3.33. The highest BCUT2D eigenvalue weighted by Gasteiger charge is 2.14. The van der Waals surface area contributed by atoms with Crippen LogP contribution in [0.4, 0.5) is 20.6 Å². The minimum absolute atomic E-state index is 0.106. The second-order valence-corrected chi connectivity index (χ2v) is 6.90. The van der Waals surface area contributed by atoms with Crippen molar-refractivity contribution in [3.63, 3.8) is 0 Å². The number of anilines is 2. The molecule has 3 amide bonds. The Balaban J connectivity index is 1.57. The van der Waals surface area contributed by atoms with Crippen LogP contribution < -0.4 is 16.4 Å². The average molecular weight is 402 g/mol. The number of aryl methyl sites for hydroxylation is 1. The number of nitrogens with two attached hydrogens (primary N) is 1. The topological polar surface area (TPSA) is 89.2 Å². The Labute approximate surface area is 172 Å². The third kappa shape index (κ3) is 3.73. The number of hydrogen-bond acceptors (Lipinski definition) is 2. The zero-order chi connectivity index (χ0) is 21.3. The van der Waals surface area contributed by atoms with Gasteiger partial charge in [-0.25, -0.2) is 9.18 Å². The predicted octanol–water partition coefficient (Wildman–Crippen LogP) is 4.82. The van der Waals surface area contributed by atoms with Crippen molar-refractivity contribution >= 4 is 34.2 Å². The largest absolute Gasteiger partial charge is 0.364 e. The van der Waals surface area contributed by atoms with Gasteiger partial charge in [0.25, 0.3) is 5.91 Å². The molecule has 3 aromatic carbocycles. The number of benzene rings is 3. The van der Waals surface area contributed by atoms with Gasteiger partial charge in [-0.2, -0.15) is 0 Å². The van der Waals surface area contributed by atoms with Crippen LogP contribution in [0.15, 0.2) is 72.8 Å². The minimum atomic E-state index is -0.559. The molecule has 0 aliphatic rings. The Morgan fingerprint density at radius 1 is 0.933 bits per heavy atom. The molecule has 0 aliphatic carbocycles. The summed E-state index contributed by atoms with van der Waals surface area (Å²) in [6, 6.07) is 20.2. The van der Waals surface area contributed by atoms with Crippen molar-refractivity contribution in [1.29, 1.82) is 0 Å². The number of urea groups is 1. The molecule has 0 spiro atoms. The quantitative estimate of drug-likeness (QED) is 0.457. The molecule has 0 atom stereocenters. The summed E-state index contributed by atoms with van der Waals surface area (Å²) < 4.78 is 15.6. The van der Waals surface area contributed by atoms with E-state index >= 15 is 0 Å². The summed E-state index contributed by atoms with van der Waals surface area (Å²) in [5.41, 5.74) is 8.94. The molecular formula is C23H19FN4O2. The summed E-state index contributed by atoms with van der Waals surface area (Å²) in [4.78, 5) is 24.1. The van der Waals surface area contributed by atoms with Crippen molar-refractivity contribution in [2.45, 2.75) is 6.92 Å². The molecule has 0 saturated carbocycles. The van der Waals surface area contributed by atoms with Crippen LogP contribution in [-0.4, -0.2) is 16.5 Å². The van der Waals surface area contributed by atoms with Gasteiger partial charge in [0, 0.05) is 16.8 Å². The first kappa shape index (κ1) is 19.2. The number of carbonyl (C=O) groups excluding carboxylic acids is 2. The molecule has 0 aliphatic heterocycles. The van der Waals surface area contributed by atoms with E-state index in [1.54, 1.807) is 47.0 Å². The smallest absolute Gasteiger partial charge is 0.323 e. The van der Waals surface area contributed by atoms with Gasteiger partial charge in [-0.3, -0.25) is 4.79 Å². The summed E-state index contributed by atoms with van der Waals surface area (Å²) >= 11 is 0. The maximum atomic E-state index is 13.8. The highest BCUT2D eigenvalue weighted by Crippen LogP contribution is 2.25. The average Bonchev–Trinajstić information content (AvgIpc) is 3.11. The number of primary amides is 1. The molecule has 150 valence electrons. The normalized spacial score (nSPS) is 10.7. The SMILES string of the molecule is Cc1ccc(F)c(NC(=O)Nc2ccc(-n3c(C(N)=O)cc4ccccc43)cc2)c1. The van der Waals surface area contributed by atoms with Crippen molar-refractivity contribution in [2.75, 3.05) is 10.6 Å². The van der Waals surface area contributed by atoms with Crippen molar-refractivity contribution in [1.82, 2.24) is 4.57 Å². The second kappa shape index (κ2) is 7.71. The summed E-state index contributed by atoms with van der Waals surface area (Å²) in [6.07, 6.45) is 0. The summed E-state index contributed by atoms with van der Waals surface area (Å²) in [7, 11) is 0. The van der Waals surface area contributed by atoms with E-state index in [0.29, 0.717) is 11.4 Å².